The molecule has 0 aliphatic carbocycles. The van der Waals surface area contributed by atoms with Gasteiger partial charge in [-0.25, -0.2) is 4.79 Å². The predicted octanol–water partition coefficient (Wildman–Crippen LogP) is 2.86. The van der Waals surface area contributed by atoms with Crippen LogP contribution in [-0.4, -0.2) is 40.2 Å². The molecule has 0 aromatic heterocycles. The third kappa shape index (κ3) is 2.83. The van der Waals surface area contributed by atoms with Crippen molar-refractivity contribution >= 4 is 34.5 Å². The third-order valence-corrected chi connectivity index (χ3v) is 5.34. The van der Waals surface area contributed by atoms with E-state index in [1.807, 2.05) is 31.2 Å². The van der Waals surface area contributed by atoms with Crippen molar-refractivity contribution in [3.63, 3.8) is 0 Å². The van der Waals surface area contributed by atoms with Gasteiger partial charge in [-0.15, -0.1) is 0 Å². The normalized spacial score (nSPS) is 18.5. The van der Waals surface area contributed by atoms with E-state index in [4.69, 9.17) is 0 Å². The molecular weight excluding hydrogens is 384 g/mol. The monoisotopic (exact) mass is 402 g/mol. The minimum Gasteiger partial charge on any atom is -0.480 e. The first-order chi connectivity index (χ1) is 14.4. The maximum Gasteiger partial charge on any atom is 0.326 e. The molecular formula is C23H18N2O5. The van der Waals surface area contributed by atoms with Gasteiger partial charge in [0.15, 0.2) is 0 Å². The summed E-state index contributed by atoms with van der Waals surface area (Å²) < 4.78 is 0. The Morgan fingerprint density at radius 2 is 1.67 bits per heavy atom. The Morgan fingerprint density at radius 3 is 2.37 bits per heavy atom. The van der Waals surface area contributed by atoms with Crippen molar-refractivity contribution in [2.45, 2.75) is 12.5 Å². The van der Waals surface area contributed by atoms with E-state index in [9.17, 15) is 24.3 Å². The first-order valence-electron chi connectivity index (χ1n) is 9.30. The Morgan fingerprint density at radius 1 is 1.00 bits per heavy atom. The van der Waals surface area contributed by atoms with Crippen LogP contribution in [0, 0.1) is 6.92 Å². The van der Waals surface area contributed by atoms with Gasteiger partial charge in [0.25, 0.3) is 5.91 Å². The number of nitrogens with one attached hydrogen (secondary N) is 1. The van der Waals surface area contributed by atoms with Crippen molar-refractivity contribution in [2.24, 2.45) is 0 Å². The highest BCUT2D eigenvalue weighted by molar-refractivity contribution is 6.26. The van der Waals surface area contributed by atoms with E-state index >= 15 is 0 Å². The molecule has 1 atom stereocenters. The van der Waals surface area contributed by atoms with E-state index in [0.29, 0.717) is 0 Å². The number of benzene rings is 3. The molecule has 0 bridgehead atoms. The van der Waals surface area contributed by atoms with Gasteiger partial charge in [0, 0.05) is 5.56 Å². The Kier molecular flexibility index (Phi) is 4.58. The van der Waals surface area contributed by atoms with Gasteiger partial charge in [-0.2, -0.15) is 0 Å². The number of Topliss-reactive ketones (excluding diaryl/α,β-unsaturated/α-hetero) is 1. The van der Waals surface area contributed by atoms with E-state index in [0.717, 1.165) is 21.2 Å². The second-order valence-corrected chi connectivity index (χ2v) is 7.16. The lowest BCUT2D eigenvalue weighted by Crippen LogP contribution is -2.54. The van der Waals surface area contributed by atoms with Crippen LogP contribution in [0.4, 0.5) is 4.79 Å². The summed E-state index contributed by atoms with van der Waals surface area (Å²) in [6, 6.07) is 17.9. The molecule has 150 valence electrons. The van der Waals surface area contributed by atoms with Crippen LogP contribution in [-0.2, 0) is 15.1 Å². The SMILES string of the molecule is Cc1cc(C(=O)C2(c3ccccc3)C(=O)NC(=O)N2CC(=O)O)cc2ccccc12. The van der Waals surface area contributed by atoms with Crippen molar-refractivity contribution in [2.75, 3.05) is 6.54 Å². The number of imide groups is 1. The highest BCUT2D eigenvalue weighted by atomic mass is 16.4. The van der Waals surface area contributed by atoms with E-state index in [-0.39, 0.29) is 11.1 Å². The van der Waals surface area contributed by atoms with Crippen LogP contribution >= 0.6 is 0 Å². The summed E-state index contributed by atoms with van der Waals surface area (Å²) in [6.07, 6.45) is 0. The van der Waals surface area contributed by atoms with Gasteiger partial charge < -0.3 is 5.11 Å². The molecule has 1 unspecified atom stereocenters. The lowest BCUT2D eigenvalue weighted by atomic mass is 9.80. The number of aliphatic carboxylic acids is 1. The number of carbonyl (C=O) groups is 4. The summed E-state index contributed by atoms with van der Waals surface area (Å²) in [5, 5.41) is 13.2. The highest BCUT2D eigenvalue weighted by Gasteiger charge is 2.60. The minimum absolute atomic E-state index is 0.218. The lowest BCUT2D eigenvalue weighted by Gasteiger charge is -2.33. The van der Waals surface area contributed by atoms with E-state index < -0.39 is 35.8 Å². The number of hydrogen-bond acceptors (Lipinski definition) is 4. The number of hydrogen-bond donors (Lipinski definition) is 2. The average molecular weight is 402 g/mol. The fraction of sp³-hybridized carbons (Fsp3) is 0.130. The van der Waals surface area contributed by atoms with Gasteiger partial charge in [0.2, 0.25) is 11.3 Å². The average Bonchev–Trinajstić information content (AvgIpc) is 2.98. The zero-order valence-electron chi connectivity index (χ0n) is 16.1. The highest BCUT2D eigenvalue weighted by Crippen LogP contribution is 2.37. The van der Waals surface area contributed by atoms with Crippen LogP contribution in [0.15, 0.2) is 66.7 Å². The molecule has 0 radical (unpaired) electrons. The summed E-state index contributed by atoms with van der Waals surface area (Å²) >= 11 is 0. The molecule has 1 heterocycles. The number of nitrogens with zero attached hydrogens (tertiary/aromatic N) is 1. The summed E-state index contributed by atoms with van der Waals surface area (Å²) in [5.41, 5.74) is -0.832. The second kappa shape index (κ2) is 7.11. The van der Waals surface area contributed by atoms with Crippen molar-refractivity contribution in [3.05, 3.63) is 83.4 Å². The van der Waals surface area contributed by atoms with Gasteiger partial charge in [0.1, 0.15) is 6.54 Å². The second-order valence-electron chi connectivity index (χ2n) is 7.16. The van der Waals surface area contributed by atoms with E-state index in [1.165, 1.54) is 0 Å². The molecule has 3 aromatic rings. The van der Waals surface area contributed by atoms with Gasteiger partial charge in [-0.3, -0.25) is 24.6 Å². The quantitative estimate of drug-likeness (QED) is 0.388. The molecule has 1 fully saturated rings. The van der Waals surface area contributed by atoms with Crippen molar-refractivity contribution in [1.29, 1.82) is 0 Å². The van der Waals surface area contributed by atoms with E-state index in [1.54, 1.807) is 42.5 Å². The molecule has 3 amide bonds. The molecule has 7 heteroatoms. The molecule has 1 aliphatic heterocycles. The first-order valence-corrected chi connectivity index (χ1v) is 9.30. The Labute approximate surface area is 171 Å². The molecule has 2 N–H and O–H groups in total. The Balaban J connectivity index is 1.97. The standard InChI is InChI=1S/C23H18N2O5/c1-14-11-16(12-15-7-5-6-10-18(14)15)20(28)23(17-8-3-2-4-9-17)21(29)24-22(30)25(23)13-19(26)27/h2-12H,13H2,1H3,(H,26,27)(H,24,29,30). The molecule has 4 rings (SSSR count). The molecule has 30 heavy (non-hydrogen) atoms. The van der Waals surface area contributed by atoms with Crippen LogP contribution in [0.2, 0.25) is 0 Å². The molecule has 7 nitrogen and oxygen atoms in total. The van der Waals surface area contributed by atoms with Crippen LogP contribution in [0.5, 0.6) is 0 Å². The number of amides is 3. The number of carbonyl (C=O) groups excluding carboxylic acids is 3. The van der Waals surface area contributed by atoms with Crippen molar-refractivity contribution in [1.82, 2.24) is 10.2 Å². The Bertz CT molecular complexity index is 1200. The van der Waals surface area contributed by atoms with Crippen molar-refractivity contribution < 1.29 is 24.3 Å². The fourth-order valence-corrected chi connectivity index (χ4v) is 4.02. The van der Waals surface area contributed by atoms with Gasteiger partial charge in [-0.05, 0) is 41.0 Å². The lowest BCUT2D eigenvalue weighted by molar-refractivity contribution is -0.138. The fourth-order valence-electron chi connectivity index (χ4n) is 4.02. The summed E-state index contributed by atoms with van der Waals surface area (Å²) in [5.74, 6) is -2.86. The molecule has 1 aliphatic rings. The largest absolute Gasteiger partial charge is 0.480 e. The van der Waals surface area contributed by atoms with Gasteiger partial charge >= 0.3 is 12.0 Å². The molecule has 0 spiro atoms. The first kappa shape index (κ1) is 19.3. The number of carboxylic acids is 1. The third-order valence-electron chi connectivity index (χ3n) is 5.34. The van der Waals surface area contributed by atoms with E-state index in [2.05, 4.69) is 5.32 Å². The summed E-state index contributed by atoms with van der Waals surface area (Å²) in [4.78, 5) is 51.7. The maximum atomic E-state index is 13.9. The van der Waals surface area contributed by atoms with Crippen LogP contribution < -0.4 is 5.32 Å². The Hall–Kier alpha value is -4.00. The minimum atomic E-state index is -2.11. The number of rotatable bonds is 5. The maximum absolute atomic E-state index is 13.9. The number of fused-ring (bicyclic) bond motifs is 1. The van der Waals surface area contributed by atoms with Crippen LogP contribution in [0.1, 0.15) is 21.5 Å². The molecule has 3 aromatic carbocycles. The van der Waals surface area contributed by atoms with Crippen LogP contribution in [0.25, 0.3) is 10.8 Å². The van der Waals surface area contributed by atoms with Crippen LogP contribution in [0.3, 0.4) is 0 Å². The molecule has 1 saturated heterocycles. The van der Waals surface area contributed by atoms with Gasteiger partial charge in [0.05, 0.1) is 0 Å². The summed E-state index contributed by atoms with van der Waals surface area (Å²) in [7, 11) is 0. The topological polar surface area (TPSA) is 104 Å². The summed E-state index contributed by atoms with van der Waals surface area (Å²) in [6.45, 7) is 1.05. The zero-order valence-corrected chi connectivity index (χ0v) is 16.1. The van der Waals surface area contributed by atoms with Crippen molar-refractivity contribution in [3.8, 4) is 0 Å². The number of ketones is 1. The number of aryl methyl sites for hydroxylation is 1. The predicted molar refractivity (Wildman–Crippen MR) is 109 cm³/mol. The number of carboxylic acid groups (broad SMARTS) is 1. The smallest absolute Gasteiger partial charge is 0.326 e. The van der Waals surface area contributed by atoms with Gasteiger partial charge in [-0.1, -0.05) is 54.6 Å². The zero-order chi connectivity index (χ0) is 21.5. The molecule has 0 saturated carbocycles. The number of urea groups is 1.